The maximum atomic E-state index is 2.83. The first-order valence-corrected chi connectivity index (χ1v) is 10.5. The molecule has 2 aliphatic carbocycles. The monoisotopic (exact) mass is 318 g/mol. The standard InChI is InChI=1S/C21H38N2/c1-3-6-20(7-8-20)17-23-13-9-21(10-14-23)15-19(16-21)18-4-11-22(2)12-5-18/h18-19H,3-17H2,1-2H3. The number of piperidine rings is 2. The fraction of sp³-hybridized carbons (Fsp3) is 1.00. The zero-order valence-electron chi connectivity index (χ0n) is 15.7. The topological polar surface area (TPSA) is 6.48 Å². The maximum absolute atomic E-state index is 2.83. The van der Waals surface area contributed by atoms with Gasteiger partial charge >= 0.3 is 0 Å². The van der Waals surface area contributed by atoms with Crippen molar-refractivity contribution in [2.24, 2.45) is 22.7 Å². The summed E-state index contributed by atoms with van der Waals surface area (Å²) in [5, 5.41) is 0. The molecule has 2 saturated heterocycles. The largest absolute Gasteiger partial charge is 0.306 e. The van der Waals surface area contributed by atoms with Gasteiger partial charge < -0.3 is 9.80 Å². The molecule has 0 aromatic carbocycles. The van der Waals surface area contributed by atoms with Crippen molar-refractivity contribution in [1.82, 2.24) is 9.80 Å². The molecular weight excluding hydrogens is 280 g/mol. The maximum Gasteiger partial charge on any atom is 0.00380 e. The molecule has 2 heterocycles. The van der Waals surface area contributed by atoms with Crippen LogP contribution in [0.5, 0.6) is 0 Å². The summed E-state index contributed by atoms with van der Waals surface area (Å²) in [4.78, 5) is 5.35. The Morgan fingerprint density at radius 2 is 1.52 bits per heavy atom. The number of nitrogens with zero attached hydrogens (tertiary/aromatic N) is 2. The lowest BCUT2D eigenvalue weighted by atomic mass is 9.53. The van der Waals surface area contributed by atoms with Crippen LogP contribution >= 0.6 is 0 Å². The molecule has 0 aromatic rings. The Kier molecular flexibility index (Phi) is 4.51. The average molecular weight is 319 g/mol. The highest BCUT2D eigenvalue weighted by atomic mass is 15.1. The molecular formula is C21H38N2. The highest BCUT2D eigenvalue weighted by Crippen LogP contribution is 2.57. The molecule has 2 nitrogen and oxygen atoms in total. The van der Waals surface area contributed by atoms with Gasteiger partial charge in [0.05, 0.1) is 0 Å². The molecule has 4 fully saturated rings. The zero-order chi connectivity index (χ0) is 15.9. The Morgan fingerprint density at radius 3 is 2.09 bits per heavy atom. The molecule has 0 unspecified atom stereocenters. The van der Waals surface area contributed by atoms with Crippen LogP contribution in [0.4, 0.5) is 0 Å². The van der Waals surface area contributed by atoms with Crippen LogP contribution in [0.3, 0.4) is 0 Å². The molecule has 132 valence electrons. The summed E-state index contributed by atoms with van der Waals surface area (Å²) >= 11 is 0. The Balaban J connectivity index is 1.20. The van der Waals surface area contributed by atoms with E-state index < -0.39 is 0 Å². The quantitative estimate of drug-likeness (QED) is 0.741. The van der Waals surface area contributed by atoms with Crippen molar-refractivity contribution in [2.45, 2.75) is 71.1 Å². The smallest absolute Gasteiger partial charge is 0.00380 e. The van der Waals surface area contributed by atoms with Crippen molar-refractivity contribution in [2.75, 3.05) is 39.8 Å². The fourth-order valence-corrected chi connectivity index (χ4v) is 6.15. The van der Waals surface area contributed by atoms with Crippen LogP contribution in [-0.2, 0) is 0 Å². The summed E-state index contributed by atoms with van der Waals surface area (Å²) < 4.78 is 0. The lowest BCUT2D eigenvalue weighted by molar-refractivity contribution is -0.0501. The molecule has 1 spiro atoms. The minimum absolute atomic E-state index is 0.759. The van der Waals surface area contributed by atoms with Crippen LogP contribution in [0, 0.1) is 22.7 Å². The summed E-state index contributed by atoms with van der Waals surface area (Å²) in [5.41, 5.74) is 1.54. The van der Waals surface area contributed by atoms with Gasteiger partial charge in [0, 0.05) is 6.54 Å². The summed E-state index contributed by atoms with van der Waals surface area (Å²) in [6, 6.07) is 0. The number of likely N-dealkylation sites (tertiary alicyclic amines) is 2. The van der Waals surface area contributed by atoms with Crippen molar-refractivity contribution < 1.29 is 0 Å². The normalized spacial score (nSPS) is 32.1. The molecule has 0 N–H and O–H groups in total. The summed E-state index contributed by atoms with van der Waals surface area (Å²) in [6.07, 6.45) is 15.0. The predicted molar refractivity (Wildman–Crippen MR) is 97.6 cm³/mol. The van der Waals surface area contributed by atoms with E-state index in [1.54, 1.807) is 12.8 Å². The van der Waals surface area contributed by atoms with Crippen LogP contribution in [0.25, 0.3) is 0 Å². The minimum Gasteiger partial charge on any atom is -0.306 e. The van der Waals surface area contributed by atoms with Crippen molar-refractivity contribution >= 4 is 0 Å². The van der Waals surface area contributed by atoms with E-state index >= 15 is 0 Å². The highest BCUT2D eigenvalue weighted by molar-refractivity contribution is 5.01. The van der Waals surface area contributed by atoms with E-state index in [0.29, 0.717) is 0 Å². The Morgan fingerprint density at radius 1 is 0.870 bits per heavy atom. The lowest BCUT2D eigenvalue weighted by Gasteiger charge is -2.55. The van der Waals surface area contributed by atoms with Gasteiger partial charge in [0.1, 0.15) is 0 Å². The summed E-state index contributed by atoms with van der Waals surface area (Å²) in [5.74, 6) is 2.15. The minimum atomic E-state index is 0.759. The van der Waals surface area contributed by atoms with E-state index in [4.69, 9.17) is 0 Å². The third kappa shape index (κ3) is 3.49. The number of rotatable bonds is 5. The third-order valence-electron chi connectivity index (χ3n) is 8.03. The van der Waals surface area contributed by atoms with E-state index in [2.05, 4.69) is 23.8 Å². The first-order chi connectivity index (χ1) is 11.1. The van der Waals surface area contributed by atoms with Gasteiger partial charge in [-0.25, -0.2) is 0 Å². The molecule has 2 saturated carbocycles. The second kappa shape index (κ2) is 6.33. The molecule has 0 radical (unpaired) electrons. The van der Waals surface area contributed by atoms with Gasteiger partial charge in [0.15, 0.2) is 0 Å². The zero-order valence-corrected chi connectivity index (χ0v) is 15.7. The van der Waals surface area contributed by atoms with Crippen LogP contribution in [0.1, 0.15) is 71.1 Å². The SMILES string of the molecule is CCCC1(CN2CCC3(CC2)CC(C2CCN(C)CC2)C3)CC1. The molecule has 23 heavy (non-hydrogen) atoms. The fourth-order valence-electron chi connectivity index (χ4n) is 6.15. The van der Waals surface area contributed by atoms with Crippen molar-refractivity contribution in [3.8, 4) is 0 Å². The average Bonchev–Trinajstić information content (AvgIpc) is 3.27. The molecule has 0 aromatic heterocycles. The van der Waals surface area contributed by atoms with Gasteiger partial charge in [-0.2, -0.15) is 0 Å². The Bertz CT molecular complexity index is 390. The van der Waals surface area contributed by atoms with Crippen LogP contribution in [-0.4, -0.2) is 49.6 Å². The Labute approximate surface area is 144 Å². The molecule has 0 bridgehead atoms. The van der Waals surface area contributed by atoms with Crippen LogP contribution < -0.4 is 0 Å². The van der Waals surface area contributed by atoms with Gasteiger partial charge in [-0.15, -0.1) is 0 Å². The Hall–Kier alpha value is -0.0800. The predicted octanol–water partition coefficient (Wildman–Crippen LogP) is 4.40. The summed E-state index contributed by atoms with van der Waals surface area (Å²) in [7, 11) is 2.29. The number of hydrogen-bond donors (Lipinski definition) is 0. The van der Waals surface area contributed by atoms with Gasteiger partial charge in [-0.05, 0) is 114 Å². The lowest BCUT2D eigenvalue weighted by Crippen LogP contribution is -2.50. The van der Waals surface area contributed by atoms with Crippen molar-refractivity contribution in [3.05, 3.63) is 0 Å². The van der Waals surface area contributed by atoms with Crippen molar-refractivity contribution in [3.63, 3.8) is 0 Å². The van der Waals surface area contributed by atoms with Crippen LogP contribution in [0.15, 0.2) is 0 Å². The van der Waals surface area contributed by atoms with E-state index in [1.165, 1.54) is 84.1 Å². The first-order valence-electron chi connectivity index (χ1n) is 10.5. The molecule has 0 amide bonds. The van der Waals surface area contributed by atoms with Crippen LogP contribution in [0.2, 0.25) is 0 Å². The molecule has 0 atom stereocenters. The van der Waals surface area contributed by atoms with Gasteiger partial charge in [-0.3, -0.25) is 0 Å². The van der Waals surface area contributed by atoms with E-state index in [0.717, 1.165) is 22.7 Å². The second-order valence-corrected chi connectivity index (χ2v) is 9.84. The number of hydrogen-bond acceptors (Lipinski definition) is 2. The third-order valence-corrected chi connectivity index (χ3v) is 8.03. The highest BCUT2D eigenvalue weighted by Gasteiger charge is 2.49. The van der Waals surface area contributed by atoms with E-state index in [1.807, 2.05) is 0 Å². The van der Waals surface area contributed by atoms with Crippen molar-refractivity contribution in [1.29, 1.82) is 0 Å². The molecule has 2 aliphatic heterocycles. The van der Waals surface area contributed by atoms with Gasteiger partial charge in [0.25, 0.3) is 0 Å². The van der Waals surface area contributed by atoms with Gasteiger partial charge in [0.2, 0.25) is 0 Å². The molecule has 4 rings (SSSR count). The van der Waals surface area contributed by atoms with E-state index in [-0.39, 0.29) is 0 Å². The van der Waals surface area contributed by atoms with E-state index in [9.17, 15) is 0 Å². The summed E-state index contributed by atoms with van der Waals surface area (Å²) in [6.45, 7) is 9.30. The second-order valence-electron chi connectivity index (χ2n) is 9.84. The van der Waals surface area contributed by atoms with Gasteiger partial charge in [-0.1, -0.05) is 13.3 Å². The molecule has 2 heteroatoms. The molecule has 4 aliphatic rings. The first kappa shape index (κ1) is 16.4.